The second-order valence-electron chi connectivity index (χ2n) is 7.00. The molecule has 0 radical (unpaired) electrons. The fourth-order valence-electron chi connectivity index (χ4n) is 3.69. The molecule has 0 aliphatic carbocycles. The Morgan fingerprint density at radius 1 is 1.03 bits per heavy atom. The van der Waals surface area contributed by atoms with Crippen molar-refractivity contribution in [3.63, 3.8) is 0 Å². The van der Waals surface area contributed by atoms with Crippen LogP contribution in [0.25, 0.3) is 0 Å². The first kappa shape index (κ1) is 23.2. The van der Waals surface area contributed by atoms with E-state index in [0.29, 0.717) is 34.6 Å². The van der Waals surface area contributed by atoms with Gasteiger partial charge in [0.2, 0.25) is 0 Å². The standard InChI is InChI=1S/C21H23BrClF3N2O2/c1-29-18-11-14(16(22)12-19(18)30-2)20(28-8-3-6-27-7-9-28)15-10-13(21(24,25)26)4-5-17(15)23/h4-5,10-12,20,27H,3,6-9H2,1-2H3. The molecule has 1 atom stereocenters. The Morgan fingerprint density at radius 2 is 1.73 bits per heavy atom. The van der Waals surface area contributed by atoms with E-state index in [4.69, 9.17) is 21.1 Å². The fourth-order valence-corrected chi connectivity index (χ4v) is 4.45. The lowest BCUT2D eigenvalue weighted by Crippen LogP contribution is -2.33. The predicted octanol–water partition coefficient (Wildman–Crippen LogP) is 5.52. The lowest BCUT2D eigenvalue weighted by Gasteiger charge is -2.33. The Balaban J connectivity index is 2.20. The summed E-state index contributed by atoms with van der Waals surface area (Å²) >= 11 is 10.0. The Morgan fingerprint density at radius 3 is 2.40 bits per heavy atom. The molecule has 1 saturated heterocycles. The van der Waals surface area contributed by atoms with E-state index in [2.05, 4.69) is 26.1 Å². The van der Waals surface area contributed by atoms with Gasteiger partial charge in [-0.05, 0) is 54.4 Å². The molecule has 0 amide bonds. The molecule has 0 aromatic heterocycles. The lowest BCUT2D eigenvalue weighted by molar-refractivity contribution is -0.137. The SMILES string of the molecule is COc1cc(Br)c(C(c2cc(C(F)(F)F)ccc2Cl)N2CCCNCC2)cc1OC. The Bertz CT molecular complexity index is 887. The zero-order chi connectivity index (χ0) is 21.9. The van der Waals surface area contributed by atoms with Crippen LogP contribution in [0.5, 0.6) is 11.5 Å². The second-order valence-corrected chi connectivity index (χ2v) is 8.27. The summed E-state index contributed by atoms with van der Waals surface area (Å²) in [4.78, 5) is 2.15. The molecule has 0 bridgehead atoms. The number of alkyl halides is 3. The highest BCUT2D eigenvalue weighted by atomic mass is 79.9. The van der Waals surface area contributed by atoms with Gasteiger partial charge in [-0.2, -0.15) is 13.2 Å². The third-order valence-electron chi connectivity index (χ3n) is 5.16. The van der Waals surface area contributed by atoms with Gasteiger partial charge in [0.25, 0.3) is 0 Å². The molecule has 4 nitrogen and oxygen atoms in total. The zero-order valence-electron chi connectivity index (χ0n) is 16.7. The number of benzene rings is 2. The van der Waals surface area contributed by atoms with Crippen molar-refractivity contribution in [2.45, 2.75) is 18.6 Å². The van der Waals surface area contributed by atoms with Crippen LogP contribution in [0.1, 0.15) is 29.2 Å². The van der Waals surface area contributed by atoms with Crippen molar-refractivity contribution in [1.29, 1.82) is 0 Å². The van der Waals surface area contributed by atoms with Gasteiger partial charge in [-0.1, -0.05) is 27.5 Å². The maximum absolute atomic E-state index is 13.5. The maximum atomic E-state index is 13.5. The van der Waals surface area contributed by atoms with Crippen LogP contribution in [0.15, 0.2) is 34.8 Å². The molecule has 30 heavy (non-hydrogen) atoms. The number of halogens is 5. The van der Waals surface area contributed by atoms with Crippen LogP contribution in [-0.4, -0.2) is 45.3 Å². The third-order valence-corrected chi connectivity index (χ3v) is 6.19. The van der Waals surface area contributed by atoms with Crippen LogP contribution in [-0.2, 0) is 6.18 Å². The van der Waals surface area contributed by atoms with Gasteiger partial charge in [-0.25, -0.2) is 0 Å². The molecule has 2 aromatic rings. The highest BCUT2D eigenvalue weighted by molar-refractivity contribution is 9.10. The molecule has 1 heterocycles. The van der Waals surface area contributed by atoms with Crippen molar-refractivity contribution < 1.29 is 22.6 Å². The minimum atomic E-state index is -4.46. The van der Waals surface area contributed by atoms with Crippen molar-refractivity contribution in [1.82, 2.24) is 10.2 Å². The molecule has 0 spiro atoms. The monoisotopic (exact) mass is 506 g/mol. The largest absolute Gasteiger partial charge is 0.493 e. The van der Waals surface area contributed by atoms with Gasteiger partial charge >= 0.3 is 6.18 Å². The molecule has 164 valence electrons. The van der Waals surface area contributed by atoms with Crippen molar-refractivity contribution in [3.05, 3.63) is 56.5 Å². The molecular formula is C21H23BrClF3N2O2. The Kier molecular flexibility index (Phi) is 7.55. The smallest absolute Gasteiger partial charge is 0.416 e. The van der Waals surface area contributed by atoms with Gasteiger partial charge in [-0.15, -0.1) is 0 Å². The normalized spacial score (nSPS) is 16.8. The van der Waals surface area contributed by atoms with Crippen molar-refractivity contribution in [3.8, 4) is 11.5 Å². The first-order chi connectivity index (χ1) is 14.3. The van der Waals surface area contributed by atoms with Crippen LogP contribution in [0.2, 0.25) is 5.02 Å². The molecule has 9 heteroatoms. The number of hydrogen-bond acceptors (Lipinski definition) is 4. The molecule has 1 fully saturated rings. The van der Waals surface area contributed by atoms with E-state index in [1.807, 2.05) is 0 Å². The van der Waals surface area contributed by atoms with Gasteiger partial charge < -0.3 is 14.8 Å². The van der Waals surface area contributed by atoms with Crippen LogP contribution < -0.4 is 14.8 Å². The molecule has 1 aliphatic heterocycles. The molecular weight excluding hydrogens is 485 g/mol. The summed E-state index contributed by atoms with van der Waals surface area (Å²) in [5.74, 6) is 1.02. The summed E-state index contributed by atoms with van der Waals surface area (Å²) in [7, 11) is 3.06. The van der Waals surface area contributed by atoms with Crippen molar-refractivity contribution >= 4 is 27.5 Å². The average Bonchev–Trinajstić information content (AvgIpc) is 2.98. The summed E-state index contributed by atoms with van der Waals surface area (Å²) in [6.07, 6.45) is -3.59. The molecule has 1 N–H and O–H groups in total. The highest BCUT2D eigenvalue weighted by Crippen LogP contribution is 2.43. The number of hydrogen-bond donors (Lipinski definition) is 1. The van der Waals surface area contributed by atoms with Gasteiger partial charge in [0, 0.05) is 29.1 Å². The quantitative estimate of drug-likeness (QED) is 0.578. The van der Waals surface area contributed by atoms with E-state index in [9.17, 15) is 13.2 Å². The highest BCUT2D eigenvalue weighted by Gasteiger charge is 2.34. The number of rotatable bonds is 5. The minimum Gasteiger partial charge on any atom is -0.493 e. The summed E-state index contributed by atoms with van der Waals surface area (Å²) in [6, 6.07) is 6.54. The summed E-state index contributed by atoms with van der Waals surface area (Å²) in [5.41, 5.74) is 0.438. The number of ether oxygens (including phenoxy) is 2. The summed E-state index contributed by atoms with van der Waals surface area (Å²) in [6.45, 7) is 2.97. The molecule has 0 saturated carbocycles. The number of methoxy groups -OCH3 is 2. The minimum absolute atomic E-state index is 0.284. The molecule has 1 aliphatic rings. The van der Waals surface area contributed by atoms with Crippen LogP contribution in [0, 0.1) is 0 Å². The van der Waals surface area contributed by atoms with Gasteiger partial charge in [0.15, 0.2) is 11.5 Å². The second kappa shape index (κ2) is 9.77. The molecule has 1 unspecified atom stereocenters. The summed E-state index contributed by atoms with van der Waals surface area (Å²) < 4.78 is 51.9. The number of nitrogens with zero attached hydrogens (tertiary/aromatic N) is 1. The van der Waals surface area contributed by atoms with Crippen LogP contribution in [0.4, 0.5) is 13.2 Å². The summed E-state index contributed by atoms with van der Waals surface area (Å²) in [5, 5.41) is 3.61. The van der Waals surface area contributed by atoms with Crippen molar-refractivity contribution in [2.24, 2.45) is 0 Å². The van der Waals surface area contributed by atoms with E-state index in [0.717, 1.165) is 37.2 Å². The van der Waals surface area contributed by atoms with E-state index < -0.39 is 17.8 Å². The average molecular weight is 508 g/mol. The lowest BCUT2D eigenvalue weighted by atomic mass is 9.94. The molecule has 3 rings (SSSR count). The van der Waals surface area contributed by atoms with E-state index >= 15 is 0 Å². The van der Waals surface area contributed by atoms with Gasteiger partial charge in [-0.3, -0.25) is 4.90 Å². The Hall–Kier alpha value is -1.48. The third kappa shape index (κ3) is 5.04. The van der Waals surface area contributed by atoms with Crippen molar-refractivity contribution in [2.75, 3.05) is 40.4 Å². The molecule has 2 aromatic carbocycles. The van der Waals surface area contributed by atoms with Gasteiger partial charge in [0.05, 0.1) is 25.8 Å². The number of nitrogens with one attached hydrogen (secondary N) is 1. The van der Waals surface area contributed by atoms with Gasteiger partial charge in [0.1, 0.15) is 0 Å². The topological polar surface area (TPSA) is 33.7 Å². The first-order valence-corrected chi connectivity index (χ1v) is 10.7. The predicted molar refractivity (Wildman–Crippen MR) is 115 cm³/mol. The van der Waals surface area contributed by atoms with E-state index in [1.54, 1.807) is 12.1 Å². The fraction of sp³-hybridized carbons (Fsp3) is 0.429. The maximum Gasteiger partial charge on any atom is 0.416 e. The Labute approximate surface area is 187 Å². The van der Waals surface area contributed by atoms with Crippen LogP contribution >= 0.6 is 27.5 Å². The zero-order valence-corrected chi connectivity index (χ0v) is 19.0. The van der Waals surface area contributed by atoms with Crippen LogP contribution in [0.3, 0.4) is 0 Å². The van der Waals surface area contributed by atoms with E-state index in [-0.39, 0.29) is 5.02 Å². The van der Waals surface area contributed by atoms with E-state index in [1.165, 1.54) is 20.3 Å². The first-order valence-electron chi connectivity index (χ1n) is 9.49.